The zero-order valence-electron chi connectivity index (χ0n) is 12.1. The lowest BCUT2D eigenvalue weighted by molar-refractivity contribution is 0.252. The van der Waals surface area contributed by atoms with Crippen molar-refractivity contribution >= 4 is 24.0 Å². The van der Waals surface area contributed by atoms with E-state index in [1.165, 1.54) is 43.2 Å². The van der Waals surface area contributed by atoms with Gasteiger partial charge in [-0.05, 0) is 59.6 Å². The van der Waals surface area contributed by atoms with Gasteiger partial charge >= 0.3 is 0 Å². The first-order valence-corrected chi connectivity index (χ1v) is 7.72. The van der Waals surface area contributed by atoms with Crippen LogP contribution in [-0.4, -0.2) is 0 Å². The van der Waals surface area contributed by atoms with Gasteiger partial charge in [-0.3, -0.25) is 0 Å². The van der Waals surface area contributed by atoms with Gasteiger partial charge in [-0.1, -0.05) is 50.9 Å². The molecule has 2 aliphatic carbocycles. The van der Waals surface area contributed by atoms with Gasteiger partial charge in [0.25, 0.3) is 0 Å². The Balaban J connectivity index is 0.00000133. The zero-order chi connectivity index (χ0) is 12.9. The number of rotatable bonds is 1. The average molecular weight is 299 g/mol. The van der Waals surface area contributed by atoms with Crippen LogP contribution in [0, 0.1) is 5.41 Å². The summed E-state index contributed by atoms with van der Waals surface area (Å²) in [7, 11) is 0. The van der Waals surface area contributed by atoms with E-state index in [4.69, 9.17) is 11.6 Å². The van der Waals surface area contributed by atoms with Gasteiger partial charge < -0.3 is 0 Å². The summed E-state index contributed by atoms with van der Waals surface area (Å²) in [5, 5.41) is 1.07. The monoisotopic (exact) mass is 298 g/mol. The number of fused-ring (bicyclic) bond motifs is 3. The van der Waals surface area contributed by atoms with Gasteiger partial charge in [0.1, 0.15) is 0 Å². The van der Waals surface area contributed by atoms with Crippen LogP contribution in [0.25, 0.3) is 0 Å². The van der Waals surface area contributed by atoms with E-state index < -0.39 is 0 Å². The highest BCUT2D eigenvalue weighted by Gasteiger charge is 2.43. The van der Waals surface area contributed by atoms with Crippen molar-refractivity contribution in [1.82, 2.24) is 0 Å². The van der Waals surface area contributed by atoms with E-state index >= 15 is 0 Å². The lowest BCUT2D eigenvalue weighted by Crippen LogP contribution is -2.27. The third-order valence-electron chi connectivity index (χ3n) is 5.33. The Morgan fingerprint density at radius 3 is 2.68 bits per heavy atom. The van der Waals surface area contributed by atoms with Crippen molar-refractivity contribution in [2.75, 3.05) is 0 Å². The summed E-state index contributed by atoms with van der Waals surface area (Å²) in [4.78, 5) is 0. The predicted molar refractivity (Wildman–Crippen MR) is 85.8 cm³/mol. The van der Waals surface area contributed by atoms with Crippen molar-refractivity contribution < 1.29 is 0 Å². The minimum Gasteiger partial charge on any atom is -0.147 e. The van der Waals surface area contributed by atoms with Crippen LogP contribution >= 0.6 is 24.0 Å². The summed E-state index contributed by atoms with van der Waals surface area (Å²) < 4.78 is 0. The molecule has 2 aliphatic rings. The normalized spacial score (nSPS) is 28.8. The summed E-state index contributed by atoms with van der Waals surface area (Å²) in [6, 6.07) is 4.65. The molecule has 3 rings (SSSR count). The Hall–Kier alpha value is -0.200. The molecule has 2 heteroatoms. The fourth-order valence-corrected chi connectivity index (χ4v) is 4.64. The van der Waals surface area contributed by atoms with Crippen molar-refractivity contribution in [3.05, 3.63) is 33.8 Å². The van der Waals surface area contributed by atoms with E-state index in [-0.39, 0.29) is 12.4 Å². The van der Waals surface area contributed by atoms with Gasteiger partial charge in [-0.25, -0.2) is 0 Å². The Labute approximate surface area is 128 Å². The summed E-state index contributed by atoms with van der Waals surface area (Å²) in [6.07, 6.45) is 6.67. The number of halogens is 2. The molecule has 0 heterocycles. The van der Waals surface area contributed by atoms with E-state index in [1.807, 2.05) is 0 Å². The minimum atomic E-state index is 0. The highest BCUT2D eigenvalue weighted by atomic mass is 35.5. The molecule has 19 heavy (non-hydrogen) atoms. The van der Waals surface area contributed by atoms with Crippen LogP contribution < -0.4 is 0 Å². The molecular weight excluding hydrogens is 275 g/mol. The Bertz CT molecular complexity index is 478. The van der Waals surface area contributed by atoms with E-state index in [1.54, 1.807) is 5.56 Å². The van der Waals surface area contributed by atoms with Gasteiger partial charge in [0, 0.05) is 5.02 Å². The van der Waals surface area contributed by atoms with Crippen LogP contribution in [0.2, 0.25) is 5.02 Å². The van der Waals surface area contributed by atoms with Crippen LogP contribution in [0.1, 0.15) is 75.0 Å². The molecule has 0 aliphatic heterocycles. The molecule has 1 aromatic rings. The maximum absolute atomic E-state index is 6.66. The first-order chi connectivity index (χ1) is 8.53. The van der Waals surface area contributed by atoms with E-state index in [2.05, 4.69) is 32.9 Å². The second-order valence-electron chi connectivity index (χ2n) is 6.79. The second kappa shape index (κ2) is 5.30. The molecule has 0 amide bonds. The largest absolute Gasteiger partial charge is 0.147 e. The molecule has 1 aromatic carbocycles. The fraction of sp³-hybridized carbons (Fsp3) is 0.647. The predicted octanol–water partition coefficient (Wildman–Crippen LogP) is 6.11. The van der Waals surface area contributed by atoms with Crippen molar-refractivity contribution in [3.8, 4) is 0 Å². The van der Waals surface area contributed by atoms with Gasteiger partial charge in [0.05, 0.1) is 0 Å². The lowest BCUT2D eigenvalue weighted by Gasteiger charge is -2.38. The van der Waals surface area contributed by atoms with Crippen LogP contribution in [-0.2, 0) is 6.42 Å². The standard InChI is InChI=1S/C17H23Cl.ClH/c1-11(2)12-6-7-13-14(16(12)18)8-10-17(3)9-4-5-15(13)17;/h6-7,11,15H,4-5,8-10H2,1-3H3;1H/t15-,17-;/m1./s1. The molecule has 0 unspecified atom stereocenters. The molecule has 106 valence electrons. The molecule has 0 bridgehead atoms. The highest BCUT2D eigenvalue weighted by Crippen LogP contribution is 2.56. The molecule has 0 N–H and O–H groups in total. The maximum atomic E-state index is 6.66. The molecule has 2 atom stereocenters. The lowest BCUT2D eigenvalue weighted by atomic mass is 9.66. The summed E-state index contributed by atoms with van der Waals surface area (Å²) in [6.45, 7) is 6.95. The molecule has 1 saturated carbocycles. The van der Waals surface area contributed by atoms with Crippen LogP contribution in [0.3, 0.4) is 0 Å². The fourth-order valence-electron chi connectivity index (χ4n) is 4.15. The van der Waals surface area contributed by atoms with Crippen molar-refractivity contribution in [2.24, 2.45) is 5.41 Å². The van der Waals surface area contributed by atoms with Gasteiger partial charge in [0.15, 0.2) is 0 Å². The molecule has 0 aromatic heterocycles. The molecule has 0 nitrogen and oxygen atoms in total. The summed E-state index contributed by atoms with van der Waals surface area (Å²) in [5.74, 6) is 1.29. The quantitative estimate of drug-likeness (QED) is 0.587. The Morgan fingerprint density at radius 2 is 2.00 bits per heavy atom. The minimum absolute atomic E-state index is 0. The van der Waals surface area contributed by atoms with E-state index in [0.29, 0.717) is 11.3 Å². The molecule has 0 spiro atoms. The van der Waals surface area contributed by atoms with Crippen molar-refractivity contribution in [2.45, 2.75) is 64.7 Å². The SMILES string of the molecule is CC(C)c1ccc2c(c1Cl)CC[C@@]1(C)CCC[C@H]21.Cl. The molecule has 0 radical (unpaired) electrons. The van der Waals surface area contributed by atoms with E-state index in [0.717, 1.165) is 10.9 Å². The number of hydrogen-bond donors (Lipinski definition) is 0. The summed E-state index contributed by atoms with van der Waals surface area (Å²) >= 11 is 6.66. The van der Waals surface area contributed by atoms with Gasteiger partial charge in [0.2, 0.25) is 0 Å². The Kier molecular flexibility index (Phi) is 4.23. The zero-order valence-corrected chi connectivity index (χ0v) is 13.7. The first-order valence-electron chi connectivity index (χ1n) is 7.34. The topological polar surface area (TPSA) is 0 Å². The van der Waals surface area contributed by atoms with E-state index in [9.17, 15) is 0 Å². The average Bonchev–Trinajstić information content (AvgIpc) is 2.71. The summed E-state index contributed by atoms with van der Waals surface area (Å²) in [5.41, 5.74) is 4.91. The van der Waals surface area contributed by atoms with Gasteiger partial charge in [-0.15, -0.1) is 12.4 Å². The Morgan fingerprint density at radius 1 is 1.26 bits per heavy atom. The third kappa shape index (κ3) is 2.32. The smallest absolute Gasteiger partial charge is 0.0475 e. The van der Waals surface area contributed by atoms with Crippen LogP contribution in [0.15, 0.2) is 12.1 Å². The number of hydrogen-bond acceptors (Lipinski definition) is 0. The van der Waals surface area contributed by atoms with Crippen LogP contribution in [0.4, 0.5) is 0 Å². The second-order valence-corrected chi connectivity index (χ2v) is 7.17. The van der Waals surface area contributed by atoms with Crippen molar-refractivity contribution in [1.29, 1.82) is 0 Å². The molecule has 0 saturated heterocycles. The maximum Gasteiger partial charge on any atom is 0.0475 e. The molecular formula is C17H24Cl2. The molecule has 1 fully saturated rings. The number of benzene rings is 1. The van der Waals surface area contributed by atoms with Crippen molar-refractivity contribution in [3.63, 3.8) is 0 Å². The van der Waals surface area contributed by atoms with Crippen LogP contribution in [0.5, 0.6) is 0 Å². The first kappa shape index (κ1) is 15.2. The van der Waals surface area contributed by atoms with Gasteiger partial charge in [-0.2, -0.15) is 0 Å². The highest BCUT2D eigenvalue weighted by molar-refractivity contribution is 6.32. The third-order valence-corrected chi connectivity index (χ3v) is 5.78.